The van der Waals surface area contributed by atoms with Crippen LogP contribution in [-0.2, 0) is 47.1 Å². The largest absolute Gasteiger partial charge is 0.507 e. The number of aliphatic hydroxyl groups excluding tert-OH is 2. The number of aryl methyl sites for hydroxylation is 1. The zero-order valence-corrected chi connectivity index (χ0v) is 26.9. The molecule has 46 heavy (non-hydrogen) atoms. The smallest absolute Gasteiger partial charge is 0.342 e. The molecule has 2 unspecified atom stereocenters. The van der Waals surface area contributed by atoms with Gasteiger partial charge in [0.1, 0.15) is 53.3 Å². The number of anilines is 1. The Bertz CT molecular complexity index is 1750. The van der Waals surface area contributed by atoms with Crippen molar-refractivity contribution in [2.24, 2.45) is 0 Å². The monoisotopic (exact) mass is 687 g/mol. The summed E-state index contributed by atoms with van der Waals surface area (Å²) in [5, 5.41) is 31.9. The van der Waals surface area contributed by atoms with Crippen LogP contribution in [0, 0.1) is 6.92 Å². The first-order valence-electron chi connectivity index (χ1n) is 14.2. The average Bonchev–Trinajstić information content (AvgIpc) is 3.69. The molecule has 7 N–H and O–H groups in total. The lowest BCUT2D eigenvalue weighted by atomic mass is 9.95. The molecule has 0 aliphatic carbocycles. The molecule has 1 saturated heterocycles. The number of carbonyl (C=O) groups excluding carboxylic acids is 1. The van der Waals surface area contributed by atoms with Gasteiger partial charge in [-0.3, -0.25) is 13.7 Å². The van der Waals surface area contributed by atoms with Gasteiger partial charge in [-0.2, -0.15) is 0 Å². The highest BCUT2D eigenvalue weighted by molar-refractivity contribution is 7.57. The van der Waals surface area contributed by atoms with Crippen molar-refractivity contribution in [3.63, 3.8) is 0 Å². The number of aromatic hydroxyl groups is 1. The lowest BCUT2D eigenvalue weighted by Crippen LogP contribution is -2.33. The maximum Gasteiger partial charge on any atom is 0.342 e. The Hall–Kier alpha value is -3.18. The van der Waals surface area contributed by atoms with Crippen LogP contribution >= 0.6 is 15.2 Å². The van der Waals surface area contributed by atoms with Gasteiger partial charge >= 0.3 is 21.2 Å². The summed E-state index contributed by atoms with van der Waals surface area (Å²) in [6.45, 7) is 2.45. The van der Waals surface area contributed by atoms with Gasteiger partial charge in [-0.05, 0) is 12.5 Å². The number of methoxy groups -OCH3 is 1. The summed E-state index contributed by atoms with van der Waals surface area (Å²) in [6.07, 6.45) is -5.35. The molecular weight excluding hydrogens is 652 g/mol. The summed E-state index contributed by atoms with van der Waals surface area (Å²) in [5.41, 5.74) is 7.70. The van der Waals surface area contributed by atoms with Crippen LogP contribution in [0.1, 0.15) is 46.0 Å². The molecular formula is C26H35N5O13P2. The molecule has 2 aliphatic heterocycles. The van der Waals surface area contributed by atoms with Crippen molar-refractivity contribution in [2.75, 3.05) is 38.4 Å². The Balaban J connectivity index is 1.16. The number of aromatic nitrogens is 4. The van der Waals surface area contributed by atoms with E-state index in [1.54, 1.807) is 6.92 Å². The van der Waals surface area contributed by atoms with Crippen LogP contribution in [-0.4, -0.2) is 102 Å². The second-order valence-electron chi connectivity index (χ2n) is 10.8. The third kappa shape index (κ3) is 6.63. The summed E-state index contributed by atoms with van der Waals surface area (Å²) in [4.78, 5) is 45.4. The van der Waals surface area contributed by atoms with Gasteiger partial charge in [0.2, 0.25) is 0 Å². The van der Waals surface area contributed by atoms with Crippen LogP contribution in [0.15, 0.2) is 6.33 Å². The Morgan fingerprint density at radius 3 is 2.50 bits per heavy atom. The lowest BCUT2D eigenvalue weighted by Gasteiger charge is -2.19. The van der Waals surface area contributed by atoms with Gasteiger partial charge in [0.25, 0.3) is 0 Å². The SMILES string of the molecule is CCc1nc(N)c2ncn([C@H]3O[C@@H](COP(=O)(O)CCP(=O)(O)OCCc4c(O)c5c(c(C)c4OC)COC5=O)[C@H](O)[C@@H]3O)c2n1. The zero-order chi connectivity index (χ0) is 33.6. The van der Waals surface area contributed by atoms with E-state index in [4.69, 9.17) is 29.0 Å². The number of nitrogens with zero attached hydrogens (tertiary/aromatic N) is 4. The van der Waals surface area contributed by atoms with Crippen molar-refractivity contribution >= 4 is 38.1 Å². The number of hydrogen-bond acceptors (Lipinski definition) is 15. The number of nitrogen functional groups attached to an aromatic ring is 1. The number of phenolic OH excluding ortho intramolecular Hbond substituents is 1. The van der Waals surface area contributed by atoms with Crippen molar-refractivity contribution < 1.29 is 62.3 Å². The topological polar surface area (TPSA) is 268 Å². The zero-order valence-electron chi connectivity index (χ0n) is 25.1. The van der Waals surface area contributed by atoms with Crippen molar-refractivity contribution in [1.29, 1.82) is 0 Å². The molecule has 3 aromatic rings. The number of phenols is 1. The second kappa shape index (κ2) is 13.1. The average molecular weight is 688 g/mol. The fourth-order valence-electron chi connectivity index (χ4n) is 5.36. The van der Waals surface area contributed by atoms with Crippen molar-refractivity contribution in [3.05, 3.63) is 34.4 Å². The molecule has 6 atom stereocenters. The molecule has 2 aliphatic rings. The molecule has 0 spiro atoms. The van der Waals surface area contributed by atoms with E-state index < -0.39 is 71.2 Å². The predicted molar refractivity (Wildman–Crippen MR) is 159 cm³/mol. The summed E-state index contributed by atoms with van der Waals surface area (Å²) < 4.78 is 53.0. The maximum absolute atomic E-state index is 12.7. The number of aliphatic hydroxyl groups is 2. The molecule has 0 bridgehead atoms. The molecule has 4 heterocycles. The fraction of sp³-hybridized carbons (Fsp3) is 0.538. The molecule has 5 rings (SSSR count). The molecule has 1 aromatic carbocycles. The van der Waals surface area contributed by atoms with E-state index in [0.29, 0.717) is 23.4 Å². The Labute approximate surface area is 262 Å². The van der Waals surface area contributed by atoms with E-state index in [1.807, 2.05) is 6.92 Å². The number of carbonyl (C=O) groups is 1. The number of nitrogens with two attached hydrogens (primary N) is 1. The quantitative estimate of drug-likeness (QED) is 0.108. The van der Waals surface area contributed by atoms with Gasteiger partial charge in [-0.1, -0.05) is 6.92 Å². The molecule has 0 amide bonds. The Morgan fingerprint density at radius 1 is 1.13 bits per heavy atom. The highest BCUT2D eigenvalue weighted by atomic mass is 31.2. The fourth-order valence-corrected chi connectivity index (χ4v) is 8.40. The molecule has 1 fully saturated rings. The lowest BCUT2D eigenvalue weighted by molar-refractivity contribution is -0.0484. The highest BCUT2D eigenvalue weighted by Gasteiger charge is 2.45. The number of imidazole rings is 1. The summed E-state index contributed by atoms with van der Waals surface area (Å²) in [7, 11) is -7.57. The molecule has 2 aromatic heterocycles. The molecule has 20 heteroatoms. The molecule has 18 nitrogen and oxygen atoms in total. The minimum Gasteiger partial charge on any atom is -0.507 e. The third-order valence-electron chi connectivity index (χ3n) is 7.82. The second-order valence-corrected chi connectivity index (χ2v) is 14.7. The van der Waals surface area contributed by atoms with Gasteiger partial charge in [0.15, 0.2) is 17.7 Å². The van der Waals surface area contributed by atoms with Crippen LogP contribution in [0.4, 0.5) is 5.82 Å². The van der Waals surface area contributed by atoms with Crippen LogP contribution in [0.2, 0.25) is 0 Å². The minimum atomic E-state index is -4.51. The first-order valence-corrected chi connectivity index (χ1v) is 17.7. The van der Waals surface area contributed by atoms with Crippen LogP contribution in [0.25, 0.3) is 11.2 Å². The van der Waals surface area contributed by atoms with E-state index >= 15 is 0 Å². The van der Waals surface area contributed by atoms with Gasteiger partial charge in [0.05, 0.1) is 39.0 Å². The highest BCUT2D eigenvalue weighted by Crippen LogP contribution is 2.51. The minimum absolute atomic E-state index is 0.00304. The van der Waals surface area contributed by atoms with Crippen LogP contribution in [0.5, 0.6) is 11.5 Å². The van der Waals surface area contributed by atoms with E-state index in [0.717, 1.165) is 0 Å². The van der Waals surface area contributed by atoms with Crippen molar-refractivity contribution in [2.45, 2.75) is 57.8 Å². The summed E-state index contributed by atoms with van der Waals surface area (Å²) >= 11 is 0. The number of hydrogen-bond donors (Lipinski definition) is 6. The molecule has 252 valence electrons. The standard InChI is InChI=1S/C26H35N5O13P2/c1-4-16-29-23(27)18-24(30-16)31(11-28-18)25-21(34)20(33)15(44-25)10-43-46(38,39)8-7-45(36,37)42-6-5-13-19(32)17-14(9-41-26(17)35)12(2)22(13)40-3/h11,15,20-21,25,32-34H,4-10H2,1-3H3,(H,36,37)(H,38,39)(H2,27,29,30)/t15-,20-,21-,25-/m0/s1. The van der Waals surface area contributed by atoms with Gasteiger partial charge in [-0.25, -0.2) is 19.7 Å². The van der Waals surface area contributed by atoms with E-state index in [9.17, 15) is 39.0 Å². The number of fused-ring (bicyclic) bond motifs is 2. The number of ether oxygens (including phenoxy) is 3. The van der Waals surface area contributed by atoms with E-state index in [-0.39, 0.29) is 52.6 Å². The van der Waals surface area contributed by atoms with E-state index in [1.165, 1.54) is 18.0 Å². The summed E-state index contributed by atoms with van der Waals surface area (Å²) in [6, 6.07) is 0. The van der Waals surface area contributed by atoms with Crippen LogP contribution in [0.3, 0.4) is 0 Å². The van der Waals surface area contributed by atoms with Crippen molar-refractivity contribution in [1.82, 2.24) is 19.5 Å². The third-order valence-corrected chi connectivity index (χ3v) is 10.9. The number of benzene rings is 1. The maximum atomic E-state index is 12.7. The van der Waals surface area contributed by atoms with Gasteiger partial charge in [-0.15, -0.1) is 0 Å². The molecule has 0 radical (unpaired) electrons. The molecule has 0 saturated carbocycles. The van der Waals surface area contributed by atoms with Crippen molar-refractivity contribution in [3.8, 4) is 11.5 Å². The van der Waals surface area contributed by atoms with Gasteiger partial charge < -0.3 is 54.1 Å². The Kier molecular flexibility index (Phi) is 9.76. The predicted octanol–water partition coefficient (Wildman–Crippen LogP) is 0.930. The van der Waals surface area contributed by atoms with E-state index in [2.05, 4.69) is 15.0 Å². The first-order chi connectivity index (χ1) is 21.7. The number of cyclic esters (lactones) is 1. The number of esters is 1. The van der Waals surface area contributed by atoms with Gasteiger partial charge in [0, 0.05) is 24.0 Å². The van der Waals surface area contributed by atoms with Crippen LogP contribution < -0.4 is 10.5 Å². The number of rotatable bonds is 13. The summed E-state index contributed by atoms with van der Waals surface area (Å²) in [5.74, 6) is -0.255. The normalized spacial score (nSPS) is 23.7. The first kappa shape index (κ1) is 34.2. The Morgan fingerprint density at radius 2 is 1.83 bits per heavy atom.